The molecule has 6 heteroatoms. The Morgan fingerprint density at radius 2 is 2.47 bits per heavy atom. The Kier molecular flexibility index (Phi) is 3.83. The molecule has 2 rings (SSSR count). The maximum atomic E-state index is 11.3. The second-order valence-corrected chi connectivity index (χ2v) is 7.03. The van der Waals surface area contributed by atoms with Crippen LogP contribution < -0.4 is 0 Å². The van der Waals surface area contributed by atoms with Crippen molar-refractivity contribution < 1.29 is 9.90 Å². The van der Waals surface area contributed by atoms with E-state index in [9.17, 15) is 9.90 Å². The van der Waals surface area contributed by atoms with Gasteiger partial charge in [-0.3, -0.25) is 9.69 Å². The molecule has 17 heavy (non-hydrogen) atoms. The molecule has 1 atom stereocenters. The Morgan fingerprint density at radius 1 is 1.76 bits per heavy atom. The topological polar surface area (TPSA) is 40.5 Å². The van der Waals surface area contributed by atoms with Crippen LogP contribution in [0, 0.1) is 0 Å². The van der Waals surface area contributed by atoms with Gasteiger partial charge >= 0.3 is 5.97 Å². The third-order valence-electron chi connectivity index (χ3n) is 3.29. The normalized spacial score (nSPS) is 25.4. The molecular formula is C11H13BrClNO2S. The zero-order chi connectivity index (χ0) is 12.6. The molecule has 0 saturated carbocycles. The van der Waals surface area contributed by atoms with Gasteiger partial charge in [0.1, 0.15) is 9.88 Å². The number of likely N-dealkylation sites (tertiary alicyclic amines) is 1. The van der Waals surface area contributed by atoms with E-state index >= 15 is 0 Å². The van der Waals surface area contributed by atoms with Gasteiger partial charge in [-0.1, -0.05) is 11.6 Å². The average molecular weight is 339 g/mol. The highest BCUT2D eigenvalue weighted by molar-refractivity contribution is 9.10. The summed E-state index contributed by atoms with van der Waals surface area (Å²) in [7, 11) is 0. The van der Waals surface area contributed by atoms with Gasteiger partial charge in [0.25, 0.3) is 0 Å². The summed E-state index contributed by atoms with van der Waals surface area (Å²) in [6, 6.07) is 1.97. The van der Waals surface area contributed by atoms with Gasteiger partial charge in [-0.2, -0.15) is 0 Å². The number of rotatable bonds is 3. The summed E-state index contributed by atoms with van der Waals surface area (Å²) >= 11 is 10.8. The van der Waals surface area contributed by atoms with Crippen LogP contribution in [0.25, 0.3) is 0 Å². The first-order valence-electron chi connectivity index (χ1n) is 5.35. The first-order chi connectivity index (χ1) is 7.93. The van der Waals surface area contributed by atoms with Crippen molar-refractivity contribution in [1.29, 1.82) is 0 Å². The van der Waals surface area contributed by atoms with Crippen molar-refractivity contribution in [2.75, 3.05) is 6.54 Å². The van der Waals surface area contributed by atoms with Crippen LogP contribution in [0.4, 0.5) is 0 Å². The van der Waals surface area contributed by atoms with E-state index in [0.29, 0.717) is 13.0 Å². The summed E-state index contributed by atoms with van der Waals surface area (Å²) in [5.74, 6) is -0.739. The minimum absolute atomic E-state index is 0.652. The van der Waals surface area contributed by atoms with Crippen molar-refractivity contribution in [2.24, 2.45) is 0 Å². The first-order valence-corrected chi connectivity index (χ1v) is 7.34. The molecule has 1 saturated heterocycles. The lowest BCUT2D eigenvalue weighted by Gasteiger charge is -2.30. The van der Waals surface area contributed by atoms with Crippen LogP contribution in [0.15, 0.2) is 10.5 Å². The van der Waals surface area contributed by atoms with E-state index in [-0.39, 0.29) is 0 Å². The Labute approximate surface area is 118 Å². The van der Waals surface area contributed by atoms with Crippen LogP contribution in [-0.4, -0.2) is 28.1 Å². The highest BCUT2D eigenvalue weighted by atomic mass is 79.9. The van der Waals surface area contributed by atoms with Crippen molar-refractivity contribution in [3.63, 3.8) is 0 Å². The molecule has 0 spiro atoms. The van der Waals surface area contributed by atoms with Crippen molar-refractivity contribution >= 4 is 44.8 Å². The molecule has 1 fully saturated rings. The highest BCUT2D eigenvalue weighted by Gasteiger charge is 2.43. The third-order valence-corrected chi connectivity index (χ3v) is 5.75. The molecule has 3 nitrogen and oxygen atoms in total. The zero-order valence-electron chi connectivity index (χ0n) is 9.37. The lowest BCUT2D eigenvalue weighted by molar-refractivity contribution is -0.148. The Hall–Kier alpha value is -0.100. The lowest BCUT2D eigenvalue weighted by atomic mass is 9.99. The number of carbonyl (C=O) groups is 1. The Bertz CT molecular complexity index is 431. The number of aliphatic carboxylic acids is 1. The smallest absolute Gasteiger partial charge is 0.323 e. The first kappa shape index (κ1) is 13.3. The van der Waals surface area contributed by atoms with E-state index in [0.717, 1.165) is 26.7 Å². The maximum Gasteiger partial charge on any atom is 0.323 e. The predicted molar refractivity (Wildman–Crippen MR) is 72.7 cm³/mol. The van der Waals surface area contributed by atoms with E-state index in [2.05, 4.69) is 15.9 Å². The van der Waals surface area contributed by atoms with Crippen LogP contribution in [0.3, 0.4) is 0 Å². The third kappa shape index (κ3) is 2.52. The summed E-state index contributed by atoms with van der Waals surface area (Å²) in [5.41, 5.74) is -0.733. The van der Waals surface area contributed by atoms with E-state index < -0.39 is 11.5 Å². The molecule has 0 bridgehead atoms. The lowest BCUT2D eigenvalue weighted by Crippen LogP contribution is -2.47. The van der Waals surface area contributed by atoms with E-state index in [1.54, 1.807) is 6.92 Å². The summed E-state index contributed by atoms with van der Waals surface area (Å²) in [4.78, 5) is 14.4. The molecular weight excluding hydrogens is 326 g/mol. The van der Waals surface area contributed by atoms with E-state index in [4.69, 9.17) is 11.6 Å². The molecule has 1 N–H and O–H groups in total. The summed E-state index contributed by atoms with van der Waals surface area (Å²) in [6.45, 7) is 3.28. The van der Waals surface area contributed by atoms with Crippen molar-refractivity contribution in [1.82, 2.24) is 4.90 Å². The van der Waals surface area contributed by atoms with Gasteiger partial charge in [-0.15, -0.1) is 11.3 Å². The molecule has 1 aliphatic heterocycles. The molecule has 1 unspecified atom stereocenters. The van der Waals surface area contributed by atoms with Crippen molar-refractivity contribution in [3.05, 3.63) is 19.8 Å². The molecule has 0 amide bonds. The fourth-order valence-electron chi connectivity index (χ4n) is 2.17. The minimum Gasteiger partial charge on any atom is -0.480 e. The monoisotopic (exact) mass is 337 g/mol. The molecule has 1 aliphatic rings. The van der Waals surface area contributed by atoms with E-state index in [1.165, 1.54) is 11.3 Å². The van der Waals surface area contributed by atoms with Crippen LogP contribution in [-0.2, 0) is 11.3 Å². The SMILES string of the molecule is CC1(C(=O)O)CCCN1Cc1cc(Br)c(Cl)s1. The van der Waals surface area contributed by atoms with Crippen LogP contribution in [0.2, 0.25) is 4.34 Å². The molecule has 2 heterocycles. The molecule has 0 radical (unpaired) electrons. The van der Waals surface area contributed by atoms with Crippen molar-refractivity contribution in [2.45, 2.75) is 31.8 Å². The number of thiophene rings is 1. The second kappa shape index (κ2) is 4.88. The summed E-state index contributed by atoms with van der Waals surface area (Å²) in [6.07, 6.45) is 1.64. The number of hydrogen-bond acceptors (Lipinski definition) is 3. The standard InChI is InChI=1S/C11H13BrClNO2S/c1-11(10(15)16)3-2-4-14(11)6-7-5-8(12)9(13)17-7/h5H,2-4,6H2,1H3,(H,15,16). The molecule has 94 valence electrons. The van der Waals surface area contributed by atoms with Crippen LogP contribution >= 0.6 is 38.9 Å². The van der Waals surface area contributed by atoms with Gasteiger partial charge in [0.05, 0.1) is 0 Å². The van der Waals surface area contributed by atoms with Gasteiger partial charge in [-0.25, -0.2) is 0 Å². The number of carboxylic acids is 1. The fourth-order valence-corrected chi connectivity index (χ4v) is 3.98. The van der Waals surface area contributed by atoms with Gasteiger partial charge in [-0.05, 0) is 48.3 Å². The minimum atomic E-state index is -0.739. The quantitative estimate of drug-likeness (QED) is 0.915. The second-order valence-electron chi connectivity index (χ2n) is 4.44. The summed E-state index contributed by atoms with van der Waals surface area (Å²) in [5, 5.41) is 9.31. The van der Waals surface area contributed by atoms with Crippen molar-refractivity contribution in [3.8, 4) is 0 Å². The van der Waals surface area contributed by atoms with E-state index in [1.807, 2.05) is 11.0 Å². The molecule has 1 aromatic heterocycles. The average Bonchev–Trinajstić information content (AvgIpc) is 2.74. The van der Waals surface area contributed by atoms with Gasteiger partial charge in [0.2, 0.25) is 0 Å². The van der Waals surface area contributed by atoms with Crippen LogP contribution in [0.5, 0.6) is 0 Å². The molecule has 0 aromatic carbocycles. The molecule has 0 aliphatic carbocycles. The Morgan fingerprint density at radius 3 is 3.00 bits per heavy atom. The Balaban J connectivity index is 2.16. The number of hydrogen-bond donors (Lipinski definition) is 1. The van der Waals surface area contributed by atoms with Gasteiger partial charge in [0.15, 0.2) is 0 Å². The number of nitrogens with zero attached hydrogens (tertiary/aromatic N) is 1. The number of carboxylic acid groups (broad SMARTS) is 1. The zero-order valence-corrected chi connectivity index (χ0v) is 12.5. The maximum absolute atomic E-state index is 11.3. The fraction of sp³-hybridized carbons (Fsp3) is 0.545. The van der Waals surface area contributed by atoms with Gasteiger partial charge < -0.3 is 5.11 Å². The number of halogens is 2. The largest absolute Gasteiger partial charge is 0.480 e. The molecule has 1 aromatic rings. The van der Waals surface area contributed by atoms with Crippen LogP contribution in [0.1, 0.15) is 24.6 Å². The highest BCUT2D eigenvalue weighted by Crippen LogP contribution is 2.36. The summed E-state index contributed by atoms with van der Waals surface area (Å²) < 4.78 is 1.60. The predicted octanol–water partition coefficient (Wildman–Crippen LogP) is 3.60. The van der Waals surface area contributed by atoms with Gasteiger partial charge in [0, 0.05) is 15.9 Å².